The molecule has 0 bridgehead atoms. The number of rotatable bonds is 4. The number of carbonyl (C=O) groups is 1. The van der Waals surface area contributed by atoms with Crippen LogP contribution in [0.1, 0.15) is 41.0 Å². The number of ether oxygens (including phenoxy) is 2. The molecule has 0 aliphatic carbocycles. The van der Waals surface area contributed by atoms with Crippen molar-refractivity contribution in [3.63, 3.8) is 0 Å². The lowest BCUT2D eigenvalue weighted by Crippen LogP contribution is -2.52. The third-order valence-electron chi connectivity index (χ3n) is 3.20. The Balaban J connectivity index is 2.55. The topological polar surface area (TPSA) is 50.8 Å². The van der Waals surface area contributed by atoms with E-state index >= 15 is 0 Å². The lowest BCUT2D eigenvalue weighted by atomic mass is 10.1. The molecule has 0 radical (unpaired) electrons. The standard InChI is InChI=1S/C16H28N2O3/c1-6-7-8-17-13(2)11-14-12-20-10-9-18(14)15(19)21-16(3,4)5/h13-14,17H,8-12H2,1-5H3. The first-order chi connectivity index (χ1) is 9.83. The van der Waals surface area contributed by atoms with Gasteiger partial charge in [-0.3, -0.25) is 0 Å². The molecule has 0 saturated carbocycles. The molecule has 5 heteroatoms. The predicted molar refractivity (Wildman–Crippen MR) is 83.1 cm³/mol. The molecule has 1 heterocycles. The quantitative estimate of drug-likeness (QED) is 0.806. The van der Waals surface area contributed by atoms with E-state index in [1.54, 1.807) is 4.90 Å². The van der Waals surface area contributed by atoms with Crippen LogP contribution in [0.3, 0.4) is 0 Å². The Morgan fingerprint density at radius 1 is 1.52 bits per heavy atom. The molecule has 21 heavy (non-hydrogen) atoms. The molecule has 0 aromatic rings. The van der Waals surface area contributed by atoms with Gasteiger partial charge in [0.1, 0.15) is 5.60 Å². The molecule has 0 aromatic carbocycles. The van der Waals surface area contributed by atoms with Crippen LogP contribution >= 0.6 is 0 Å². The van der Waals surface area contributed by atoms with E-state index in [9.17, 15) is 4.79 Å². The summed E-state index contributed by atoms with van der Waals surface area (Å²) in [6.45, 7) is 11.9. The molecule has 120 valence electrons. The average molecular weight is 296 g/mol. The lowest BCUT2D eigenvalue weighted by molar-refractivity contribution is -0.0355. The molecule has 2 unspecified atom stereocenters. The molecule has 2 atom stereocenters. The van der Waals surface area contributed by atoms with Gasteiger partial charge in [0, 0.05) is 12.6 Å². The minimum Gasteiger partial charge on any atom is -0.444 e. The highest BCUT2D eigenvalue weighted by Gasteiger charge is 2.31. The zero-order valence-corrected chi connectivity index (χ0v) is 13.9. The van der Waals surface area contributed by atoms with E-state index in [1.807, 2.05) is 27.7 Å². The molecule has 1 aliphatic heterocycles. The largest absolute Gasteiger partial charge is 0.444 e. The first-order valence-corrected chi connectivity index (χ1v) is 7.54. The van der Waals surface area contributed by atoms with Crippen LogP contribution in [0, 0.1) is 11.8 Å². The summed E-state index contributed by atoms with van der Waals surface area (Å²) in [6, 6.07) is 0.313. The molecule has 0 aromatic heterocycles. The number of hydrogen-bond donors (Lipinski definition) is 1. The molecule has 1 fully saturated rings. The van der Waals surface area contributed by atoms with Crippen LogP contribution in [-0.4, -0.2) is 55.0 Å². The second-order valence-electron chi connectivity index (χ2n) is 6.35. The van der Waals surface area contributed by atoms with Gasteiger partial charge in [0.25, 0.3) is 0 Å². The Kier molecular flexibility index (Phi) is 7.00. The van der Waals surface area contributed by atoms with Gasteiger partial charge in [0.15, 0.2) is 0 Å². The summed E-state index contributed by atoms with van der Waals surface area (Å²) in [6.07, 6.45) is 0.571. The number of hydrogen-bond acceptors (Lipinski definition) is 4. The fraction of sp³-hybridized carbons (Fsp3) is 0.812. The van der Waals surface area contributed by atoms with Gasteiger partial charge in [-0.1, -0.05) is 5.92 Å². The average Bonchev–Trinajstić information content (AvgIpc) is 2.37. The molecule has 0 spiro atoms. The SMILES string of the molecule is CC#CCNC(C)CC1COCCN1C(=O)OC(C)(C)C. The number of amides is 1. The van der Waals surface area contributed by atoms with Crippen molar-refractivity contribution in [1.29, 1.82) is 0 Å². The minimum absolute atomic E-state index is 0.0469. The highest BCUT2D eigenvalue weighted by Crippen LogP contribution is 2.17. The number of carbonyl (C=O) groups excluding carboxylic acids is 1. The van der Waals surface area contributed by atoms with E-state index in [1.165, 1.54) is 0 Å². The fourth-order valence-electron chi connectivity index (χ4n) is 2.22. The Bertz CT molecular complexity index is 393. The van der Waals surface area contributed by atoms with Crippen molar-refractivity contribution in [3.8, 4) is 11.8 Å². The van der Waals surface area contributed by atoms with E-state index in [2.05, 4.69) is 24.1 Å². The van der Waals surface area contributed by atoms with Gasteiger partial charge in [-0.05, 0) is 41.0 Å². The summed E-state index contributed by atoms with van der Waals surface area (Å²) in [5.74, 6) is 5.84. The Morgan fingerprint density at radius 2 is 2.24 bits per heavy atom. The maximum Gasteiger partial charge on any atom is 0.410 e. The van der Waals surface area contributed by atoms with Crippen LogP contribution in [0.25, 0.3) is 0 Å². The van der Waals surface area contributed by atoms with Crippen molar-refractivity contribution >= 4 is 6.09 Å². The fourth-order valence-corrected chi connectivity index (χ4v) is 2.22. The van der Waals surface area contributed by atoms with Crippen LogP contribution in [0.4, 0.5) is 4.79 Å². The van der Waals surface area contributed by atoms with Crippen molar-refractivity contribution in [3.05, 3.63) is 0 Å². The van der Waals surface area contributed by atoms with Crippen LogP contribution < -0.4 is 5.32 Å². The summed E-state index contributed by atoms with van der Waals surface area (Å²) >= 11 is 0. The van der Waals surface area contributed by atoms with Gasteiger partial charge < -0.3 is 19.7 Å². The first-order valence-electron chi connectivity index (χ1n) is 7.54. The Hall–Kier alpha value is -1.25. The molecular weight excluding hydrogens is 268 g/mol. The van der Waals surface area contributed by atoms with E-state index in [4.69, 9.17) is 9.47 Å². The minimum atomic E-state index is -0.472. The summed E-state index contributed by atoms with van der Waals surface area (Å²) in [4.78, 5) is 14.1. The molecule has 1 saturated heterocycles. The van der Waals surface area contributed by atoms with Crippen LogP contribution in [-0.2, 0) is 9.47 Å². The maximum absolute atomic E-state index is 12.3. The molecule has 1 aliphatic rings. The van der Waals surface area contributed by atoms with E-state index in [-0.39, 0.29) is 18.2 Å². The van der Waals surface area contributed by atoms with Crippen molar-refractivity contribution in [1.82, 2.24) is 10.2 Å². The lowest BCUT2D eigenvalue weighted by Gasteiger charge is -2.37. The van der Waals surface area contributed by atoms with E-state index in [0.29, 0.717) is 26.3 Å². The zero-order chi connectivity index (χ0) is 15.9. The molecule has 1 N–H and O–H groups in total. The van der Waals surface area contributed by atoms with Gasteiger partial charge in [-0.15, -0.1) is 5.92 Å². The van der Waals surface area contributed by atoms with Gasteiger partial charge in [0.05, 0.1) is 25.8 Å². The van der Waals surface area contributed by atoms with Crippen LogP contribution in [0.2, 0.25) is 0 Å². The zero-order valence-electron chi connectivity index (χ0n) is 13.9. The van der Waals surface area contributed by atoms with Crippen LogP contribution in [0.5, 0.6) is 0 Å². The normalized spacial score (nSPS) is 20.4. The second kappa shape index (κ2) is 8.26. The van der Waals surface area contributed by atoms with Crippen molar-refractivity contribution < 1.29 is 14.3 Å². The Morgan fingerprint density at radius 3 is 2.86 bits per heavy atom. The Labute approximate surface area is 128 Å². The highest BCUT2D eigenvalue weighted by molar-refractivity contribution is 5.68. The summed E-state index contributed by atoms with van der Waals surface area (Å²) in [5, 5.41) is 3.33. The smallest absolute Gasteiger partial charge is 0.410 e. The molecule has 1 amide bonds. The van der Waals surface area contributed by atoms with Gasteiger partial charge in [0.2, 0.25) is 0 Å². The highest BCUT2D eigenvalue weighted by atomic mass is 16.6. The molecule has 1 rings (SSSR count). The monoisotopic (exact) mass is 296 g/mol. The second-order valence-corrected chi connectivity index (χ2v) is 6.35. The molecule has 5 nitrogen and oxygen atoms in total. The summed E-state index contributed by atoms with van der Waals surface area (Å²) < 4.78 is 11.0. The summed E-state index contributed by atoms with van der Waals surface area (Å²) in [5.41, 5.74) is -0.472. The van der Waals surface area contributed by atoms with Crippen molar-refractivity contribution in [2.75, 3.05) is 26.3 Å². The van der Waals surface area contributed by atoms with Crippen molar-refractivity contribution in [2.24, 2.45) is 0 Å². The first kappa shape index (κ1) is 17.8. The molecular formula is C16H28N2O3. The van der Waals surface area contributed by atoms with E-state index in [0.717, 1.165) is 6.42 Å². The van der Waals surface area contributed by atoms with Crippen LogP contribution in [0.15, 0.2) is 0 Å². The third-order valence-corrected chi connectivity index (χ3v) is 3.20. The van der Waals surface area contributed by atoms with Crippen molar-refractivity contribution in [2.45, 2.75) is 58.7 Å². The number of nitrogens with zero attached hydrogens (tertiary/aromatic N) is 1. The van der Waals surface area contributed by atoms with Gasteiger partial charge in [-0.25, -0.2) is 4.79 Å². The number of nitrogens with one attached hydrogen (secondary N) is 1. The predicted octanol–water partition coefficient (Wildman–Crippen LogP) is 2.01. The summed E-state index contributed by atoms with van der Waals surface area (Å²) in [7, 11) is 0. The van der Waals surface area contributed by atoms with Gasteiger partial charge in [-0.2, -0.15) is 0 Å². The number of morpholine rings is 1. The van der Waals surface area contributed by atoms with Gasteiger partial charge >= 0.3 is 6.09 Å². The third kappa shape index (κ3) is 6.83. The maximum atomic E-state index is 12.3. The van der Waals surface area contributed by atoms with E-state index < -0.39 is 5.60 Å².